The third-order valence-corrected chi connectivity index (χ3v) is 3.03. The van der Waals surface area contributed by atoms with Crippen molar-refractivity contribution in [1.82, 2.24) is 14.8 Å². The lowest BCUT2D eigenvalue weighted by molar-refractivity contribution is -0.141. The number of pyridine rings is 1. The summed E-state index contributed by atoms with van der Waals surface area (Å²) in [4.78, 5) is 3.75. The van der Waals surface area contributed by atoms with Crippen molar-refractivity contribution in [2.45, 2.75) is 19.5 Å². The fraction of sp³-hybridized carbons (Fsp3) is 0.273. The van der Waals surface area contributed by atoms with Gasteiger partial charge in [0.2, 0.25) is 0 Å². The highest BCUT2D eigenvalue weighted by Gasteiger charge is 2.35. The lowest BCUT2D eigenvalue weighted by atomic mass is 10.3. The van der Waals surface area contributed by atoms with E-state index in [0.717, 1.165) is 10.7 Å². The van der Waals surface area contributed by atoms with Gasteiger partial charge in [-0.25, -0.2) is 4.68 Å². The van der Waals surface area contributed by atoms with E-state index in [-0.39, 0.29) is 15.7 Å². The zero-order valence-electron chi connectivity index (χ0n) is 9.67. The zero-order valence-corrected chi connectivity index (χ0v) is 11.2. The summed E-state index contributed by atoms with van der Waals surface area (Å²) >= 11 is 11.9. The summed E-state index contributed by atoms with van der Waals surface area (Å²) in [5, 5.41) is 3.82. The molecule has 19 heavy (non-hydrogen) atoms. The van der Waals surface area contributed by atoms with E-state index in [1.807, 2.05) is 0 Å². The average Bonchev–Trinajstić information content (AvgIpc) is 2.72. The van der Waals surface area contributed by atoms with Crippen LogP contribution in [0.2, 0.25) is 10.0 Å². The first kappa shape index (κ1) is 14.1. The fourth-order valence-corrected chi connectivity index (χ4v) is 2.14. The van der Waals surface area contributed by atoms with Gasteiger partial charge in [-0.3, -0.25) is 4.98 Å². The molecule has 0 atom stereocenters. The van der Waals surface area contributed by atoms with E-state index < -0.39 is 11.9 Å². The minimum Gasteiger partial charge on any atom is -0.261 e. The molecule has 2 heterocycles. The maximum Gasteiger partial charge on any atom is 0.435 e. The number of alkyl halides is 3. The maximum absolute atomic E-state index is 12.7. The van der Waals surface area contributed by atoms with Crippen LogP contribution >= 0.6 is 23.2 Å². The van der Waals surface area contributed by atoms with Crippen LogP contribution in [0.1, 0.15) is 18.3 Å². The molecule has 2 aromatic rings. The van der Waals surface area contributed by atoms with Crippen molar-refractivity contribution >= 4 is 23.2 Å². The van der Waals surface area contributed by atoms with Gasteiger partial charge in [0.05, 0.1) is 10.0 Å². The highest BCUT2D eigenvalue weighted by atomic mass is 35.5. The molecule has 0 aliphatic rings. The third kappa shape index (κ3) is 2.69. The lowest BCUT2D eigenvalue weighted by Gasteiger charge is -2.09. The van der Waals surface area contributed by atoms with Crippen LogP contribution in [0.3, 0.4) is 0 Å². The molecule has 0 radical (unpaired) electrons. The van der Waals surface area contributed by atoms with Gasteiger partial charge >= 0.3 is 6.18 Å². The Labute approximate surface area is 117 Å². The Kier molecular flexibility index (Phi) is 3.73. The normalized spacial score (nSPS) is 11.9. The van der Waals surface area contributed by atoms with E-state index in [1.165, 1.54) is 12.4 Å². The van der Waals surface area contributed by atoms with Crippen LogP contribution in [0.4, 0.5) is 13.2 Å². The van der Waals surface area contributed by atoms with Crippen LogP contribution in [-0.4, -0.2) is 14.8 Å². The van der Waals surface area contributed by atoms with E-state index >= 15 is 0 Å². The largest absolute Gasteiger partial charge is 0.435 e. The van der Waals surface area contributed by atoms with E-state index in [9.17, 15) is 13.2 Å². The second-order valence-electron chi connectivity index (χ2n) is 3.74. The van der Waals surface area contributed by atoms with Crippen LogP contribution in [0.25, 0.3) is 5.69 Å². The molecule has 0 N–H and O–H groups in total. The summed E-state index contributed by atoms with van der Waals surface area (Å²) in [6.45, 7) is 1.72. The minimum absolute atomic E-state index is 0.138. The number of halogens is 5. The first-order valence-corrected chi connectivity index (χ1v) is 6.05. The second kappa shape index (κ2) is 5.02. The Balaban J connectivity index is 2.65. The Bertz CT molecular complexity index is 587. The van der Waals surface area contributed by atoms with Crippen molar-refractivity contribution in [1.29, 1.82) is 0 Å². The van der Waals surface area contributed by atoms with Crippen LogP contribution < -0.4 is 0 Å². The number of nitrogens with zero attached hydrogens (tertiary/aromatic N) is 3. The Morgan fingerprint density at radius 3 is 2.26 bits per heavy atom. The smallest absolute Gasteiger partial charge is 0.261 e. The Hall–Kier alpha value is -1.27. The van der Waals surface area contributed by atoms with Gasteiger partial charge in [-0.05, 0) is 12.5 Å². The molecule has 102 valence electrons. The molecule has 0 aromatic carbocycles. The van der Waals surface area contributed by atoms with Gasteiger partial charge in [-0.1, -0.05) is 30.1 Å². The lowest BCUT2D eigenvalue weighted by Crippen LogP contribution is -2.08. The van der Waals surface area contributed by atoms with Gasteiger partial charge in [0, 0.05) is 18.1 Å². The number of rotatable bonds is 2. The van der Waals surface area contributed by atoms with Gasteiger partial charge in [0.15, 0.2) is 5.69 Å². The molecular weight excluding hydrogens is 302 g/mol. The van der Waals surface area contributed by atoms with Crippen molar-refractivity contribution < 1.29 is 13.2 Å². The summed E-state index contributed by atoms with van der Waals surface area (Å²) in [5.41, 5.74) is -0.415. The van der Waals surface area contributed by atoms with E-state index in [1.54, 1.807) is 6.92 Å². The molecular formula is C11H8Cl2F3N3. The second-order valence-corrected chi connectivity index (χ2v) is 4.55. The third-order valence-electron chi connectivity index (χ3n) is 2.48. The molecule has 0 fully saturated rings. The molecule has 3 nitrogen and oxygen atoms in total. The van der Waals surface area contributed by atoms with Gasteiger partial charge in [-0.2, -0.15) is 18.3 Å². The number of hydrogen-bond donors (Lipinski definition) is 0. The average molecular weight is 310 g/mol. The van der Waals surface area contributed by atoms with Crippen LogP contribution in [-0.2, 0) is 12.6 Å². The summed E-state index contributed by atoms with van der Waals surface area (Å²) < 4.78 is 39.1. The molecule has 8 heteroatoms. The molecule has 0 saturated heterocycles. The van der Waals surface area contributed by atoms with Gasteiger partial charge < -0.3 is 0 Å². The molecule has 0 saturated carbocycles. The van der Waals surface area contributed by atoms with E-state index in [2.05, 4.69) is 10.1 Å². The number of aromatic nitrogens is 3. The molecule has 0 bridgehead atoms. The first-order valence-electron chi connectivity index (χ1n) is 5.30. The van der Waals surface area contributed by atoms with Gasteiger partial charge in [-0.15, -0.1) is 0 Å². The SMILES string of the molecule is CCc1cc(C(F)(F)F)nn1-c1c(Cl)cncc1Cl. The highest BCUT2D eigenvalue weighted by molar-refractivity contribution is 6.37. The minimum atomic E-state index is -4.51. The topological polar surface area (TPSA) is 30.7 Å². The monoisotopic (exact) mass is 309 g/mol. The Morgan fingerprint density at radius 1 is 1.21 bits per heavy atom. The molecule has 2 aromatic heterocycles. The summed E-state index contributed by atoms with van der Waals surface area (Å²) in [6, 6.07) is 0.979. The van der Waals surface area contributed by atoms with Crippen LogP contribution in [0.15, 0.2) is 18.5 Å². The van der Waals surface area contributed by atoms with Gasteiger partial charge in [0.1, 0.15) is 5.69 Å². The summed E-state index contributed by atoms with van der Waals surface area (Å²) in [5.74, 6) is 0. The summed E-state index contributed by atoms with van der Waals surface area (Å²) in [7, 11) is 0. The quantitative estimate of drug-likeness (QED) is 0.834. The first-order chi connectivity index (χ1) is 8.84. The van der Waals surface area contributed by atoms with Crippen molar-refractivity contribution in [3.8, 4) is 5.69 Å². The van der Waals surface area contributed by atoms with E-state index in [0.29, 0.717) is 12.1 Å². The Morgan fingerprint density at radius 2 is 1.79 bits per heavy atom. The number of hydrogen-bond acceptors (Lipinski definition) is 2. The highest BCUT2D eigenvalue weighted by Crippen LogP contribution is 2.33. The maximum atomic E-state index is 12.7. The molecule has 0 spiro atoms. The van der Waals surface area contributed by atoms with Crippen LogP contribution in [0, 0.1) is 0 Å². The van der Waals surface area contributed by atoms with Crippen molar-refractivity contribution in [2.24, 2.45) is 0 Å². The van der Waals surface area contributed by atoms with Crippen molar-refractivity contribution in [3.05, 3.63) is 39.9 Å². The van der Waals surface area contributed by atoms with Gasteiger partial charge in [0.25, 0.3) is 0 Å². The van der Waals surface area contributed by atoms with Crippen LogP contribution in [0.5, 0.6) is 0 Å². The van der Waals surface area contributed by atoms with Crippen molar-refractivity contribution in [2.75, 3.05) is 0 Å². The molecule has 2 rings (SSSR count). The zero-order chi connectivity index (χ0) is 14.2. The fourth-order valence-electron chi connectivity index (χ4n) is 1.61. The standard InChI is InChI=1S/C11H8Cl2F3N3/c1-2-6-3-9(11(14,15)16)18-19(6)10-7(12)4-17-5-8(10)13/h3-5H,2H2,1H3. The predicted octanol–water partition coefficient (Wildman–Crippen LogP) is 4.16. The summed E-state index contributed by atoms with van der Waals surface area (Å²) in [6.07, 6.45) is -1.55. The molecule has 0 aliphatic heterocycles. The number of aryl methyl sites for hydroxylation is 1. The molecule has 0 amide bonds. The predicted molar refractivity (Wildman–Crippen MR) is 65.8 cm³/mol. The van der Waals surface area contributed by atoms with E-state index in [4.69, 9.17) is 23.2 Å². The molecule has 0 aliphatic carbocycles. The molecule has 0 unspecified atom stereocenters. The van der Waals surface area contributed by atoms with Crippen molar-refractivity contribution in [3.63, 3.8) is 0 Å².